The zero-order valence-corrected chi connectivity index (χ0v) is 10.5. The van der Waals surface area contributed by atoms with Gasteiger partial charge in [-0.2, -0.15) is 11.3 Å². The average Bonchev–Trinajstić information content (AvgIpc) is 2.62. The van der Waals surface area contributed by atoms with E-state index in [0.717, 1.165) is 9.08 Å². The molecule has 0 radical (unpaired) electrons. The lowest BCUT2D eigenvalue weighted by Gasteiger charge is -2.02. The van der Waals surface area contributed by atoms with Gasteiger partial charge in [-0.25, -0.2) is 4.98 Å². The lowest BCUT2D eigenvalue weighted by atomic mass is 10.1. The molecule has 66 valence electrons. The summed E-state index contributed by atoms with van der Waals surface area (Å²) in [5.41, 5.74) is 2.39. The van der Waals surface area contributed by atoms with Gasteiger partial charge in [0.1, 0.15) is 4.60 Å². The highest BCUT2D eigenvalue weighted by molar-refractivity contribution is 9.13. The molecule has 0 atom stereocenters. The molecule has 2 rings (SSSR count). The molecule has 0 unspecified atom stereocenters. The van der Waals surface area contributed by atoms with Crippen molar-refractivity contribution in [3.63, 3.8) is 0 Å². The topological polar surface area (TPSA) is 12.9 Å². The predicted molar refractivity (Wildman–Crippen MR) is 63.0 cm³/mol. The van der Waals surface area contributed by atoms with Crippen molar-refractivity contribution in [1.29, 1.82) is 0 Å². The number of pyridine rings is 1. The van der Waals surface area contributed by atoms with Crippen LogP contribution in [0.2, 0.25) is 0 Å². The van der Waals surface area contributed by atoms with Gasteiger partial charge in [0.2, 0.25) is 0 Å². The van der Waals surface area contributed by atoms with Gasteiger partial charge in [-0.3, -0.25) is 0 Å². The van der Waals surface area contributed by atoms with E-state index in [0.29, 0.717) is 0 Å². The molecule has 0 aliphatic rings. The third-order valence-corrected chi connectivity index (χ3v) is 4.30. The first-order chi connectivity index (χ1) is 6.29. The number of aromatic nitrogens is 1. The molecular weight excluding hydrogens is 314 g/mol. The highest BCUT2D eigenvalue weighted by Crippen LogP contribution is 2.33. The van der Waals surface area contributed by atoms with Gasteiger partial charge in [0.25, 0.3) is 0 Å². The second-order valence-corrected chi connectivity index (χ2v) is 4.80. The van der Waals surface area contributed by atoms with Gasteiger partial charge in [-0.1, -0.05) is 0 Å². The quantitative estimate of drug-likeness (QED) is 0.713. The van der Waals surface area contributed by atoms with Crippen LogP contribution in [-0.4, -0.2) is 4.98 Å². The summed E-state index contributed by atoms with van der Waals surface area (Å²) < 4.78 is 1.85. The molecule has 0 aromatic carbocycles. The van der Waals surface area contributed by atoms with Gasteiger partial charge in [0.15, 0.2) is 0 Å². The maximum Gasteiger partial charge on any atom is 0.120 e. The van der Waals surface area contributed by atoms with Crippen LogP contribution in [0.3, 0.4) is 0 Å². The van der Waals surface area contributed by atoms with Crippen LogP contribution in [0.5, 0.6) is 0 Å². The molecule has 0 saturated heterocycles. The van der Waals surface area contributed by atoms with Crippen molar-refractivity contribution in [1.82, 2.24) is 4.98 Å². The number of hydrogen-bond acceptors (Lipinski definition) is 2. The SMILES string of the molecule is Brc1nccc(-c2ccsc2)c1Br. The van der Waals surface area contributed by atoms with Gasteiger partial charge in [-0.15, -0.1) is 0 Å². The van der Waals surface area contributed by atoms with Gasteiger partial charge < -0.3 is 0 Å². The van der Waals surface area contributed by atoms with Crippen LogP contribution in [0.4, 0.5) is 0 Å². The van der Waals surface area contributed by atoms with Crippen molar-refractivity contribution in [3.8, 4) is 11.1 Å². The summed E-state index contributed by atoms with van der Waals surface area (Å²) in [5.74, 6) is 0. The minimum absolute atomic E-state index is 0.844. The van der Waals surface area contributed by atoms with Gasteiger partial charge >= 0.3 is 0 Å². The number of thiophene rings is 1. The summed E-state index contributed by atoms with van der Waals surface area (Å²) in [7, 11) is 0. The normalized spacial score (nSPS) is 10.3. The average molecular weight is 319 g/mol. The summed E-state index contributed by atoms with van der Waals surface area (Å²) in [5, 5.41) is 4.18. The molecule has 0 fully saturated rings. The van der Waals surface area contributed by atoms with Gasteiger partial charge in [0, 0.05) is 11.8 Å². The number of halogens is 2. The van der Waals surface area contributed by atoms with Crippen molar-refractivity contribution < 1.29 is 0 Å². The van der Waals surface area contributed by atoms with E-state index in [9.17, 15) is 0 Å². The fourth-order valence-electron chi connectivity index (χ4n) is 1.06. The number of hydrogen-bond donors (Lipinski definition) is 0. The Morgan fingerprint density at radius 3 is 2.77 bits per heavy atom. The fraction of sp³-hybridized carbons (Fsp3) is 0. The third kappa shape index (κ3) is 1.85. The smallest absolute Gasteiger partial charge is 0.120 e. The molecule has 0 N–H and O–H groups in total. The molecule has 0 bridgehead atoms. The lowest BCUT2D eigenvalue weighted by Crippen LogP contribution is -1.81. The van der Waals surface area contributed by atoms with Crippen LogP contribution in [0.25, 0.3) is 11.1 Å². The zero-order chi connectivity index (χ0) is 9.26. The Labute approximate surface area is 97.1 Å². The maximum atomic E-state index is 4.12. The first-order valence-electron chi connectivity index (χ1n) is 3.61. The second kappa shape index (κ2) is 3.90. The summed E-state index contributed by atoms with van der Waals surface area (Å²) in [4.78, 5) is 4.12. The van der Waals surface area contributed by atoms with E-state index in [1.807, 2.05) is 6.07 Å². The van der Waals surface area contributed by atoms with Crippen molar-refractivity contribution in [2.24, 2.45) is 0 Å². The molecular formula is C9H5Br2NS. The Morgan fingerprint density at radius 1 is 1.23 bits per heavy atom. The maximum absolute atomic E-state index is 4.12. The molecule has 0 amide bonds. The Morgan fingerprint density at radius 2 is 2.08 bits per heavy atom. The van der Waals surface area contributed by atoms with E-state index in [1.54, 1.807) is 17.5 Å². The van der Waals surface area contributed by atoms with Crippen LogP contribution in [0, 0.1) is 0 Å². The first-order valence-corrected chi connectivity index (χ1v) is 6.14. The molecule has 2 heterocycles. The van der Waals surface area contributed by atoms with E-state index < -0.39 is 0 Å². The standard InChI is InChI=1S/C9H5Br2NS/c10-8-7(1-3-12-9(8)11)6-2-4-13-5-6/h1-5H. The van der Waals surface area contributed by atoms with Crippen molar-refractivity contribution in [2.75, 3.05) is 0 Å². The monoisotopic (exact) mass is 317 g/mol. The largest absolute Gasteiger partial charge is 0.248 e. The van der Waals surface area contributed by atoms with Crippen LogP contribution in [0.15, 0.2) is 38.2 Å². The Hall–Kier alpha value is -0.190. The van der Waals surface area contributed by atoms with Crippen LogP contribution < -0.4 is 0 Å². The summed E-state index contributed by atoms with van der Waals surface area (Å²) in [6.07, 6.45) is 1.79. The van der Waals surface area contributed by atoms with E-state index in [4.69, 9.17) is 0 Å². The lowest BCUT2D eigenvalue weighted by molar-refractivity contribution is 1.26. The number of nitrogens with zero attached hydrogens (tertiary/aromatic N) is 1. The minimum Gasteiger partial charge on any atom is -0.248 e. The van der Waals surface area contributed by atoms with Gasteiger partial charge in [0.05, 0.1) is 4.47 Å². The molecule has 2 aromatic heterocycles. The predicted octanol–water partition coefficient (Wildman–Crippen LogP) is 4.34. The van der Waals surface area contributed by atoms with E-state index >= 15 is 0 Å². The highest BCUT2D eigenvalue weighted by Gasteiger charge is 2.06. The van der Waals surface area contributed by atoms with Crippen molar-refractivity contribution in [2.45, 2.75) is 0 Å². The Kier molecular flexibility index (Phi) is 2.81. The molecule has 1 nitrogen and oxygen atoms in total. The van der Waals surface area contributed by atoms with Gasteiger partial charge in [-0.05, 0) is 60.3 Å². The van der Waals surface area contributed by atoms with E-state index in [1.165, 1.54) is 11.1 Å². The Bertz CT molecular complexity index is 412. The zero-order valence-electron chi connectivity index (χ0n) is 6.50. The summed E-state index contributed by atoms with van der Waals surface area (Å²) in [6, 6.07) is 4.09. The number of rotatable bonds is 1. The molecule has 0 spiro atoms. The molecule has 4 heteroatoms. The minimum atomic E-state index is 0.844. The van der Waals surface area contributed by atoms with Crippen LogP contribution in [0.1, 0.15) is 0 Å². The van der Waals surface area contributed by atoms with Crippen LogP contribution in [-0.2, 0) is 0 Å². The third-order valence-electron chi connectivity index (χ3n) is 1.68. The van der Waals surface area contributed by atoms with E-state index in [-0.39, 0.29) is 0 Å². The second-order valence-electron chi connectivity index (χ2n) is 2.48. The molecule has 0 aliphatic heterocycles. The molecule has 2 aromatic rings. The van der Waals surface area contributed by atoms with Crippen molar-refractivity contribution >= 4 is 43.2 Å². The first kappa shape index (κ1) is 9.37. The van der Waals surface area contributed by atoms with Crippen LogP contribution >= 0.6 is 43.2 Å². The molecule has 0 aliphatic carbocycles. The van der Waals surface area contributed by atoms with E-state index in [2.05, 4.69) is 53.7 Å². The summed E-state index contributed by atoms with van der Waals surface area (Å²) >= 11 is 8.57. The fourth-order valence-corrected chi connectivity index (χ4v) is 2.51. The highest BCUT2D eigenvalue weighted by atomic mass is 79.9. The molecule has 13 heavy (non-hydrogen) atoms. The summed E-state index contributed by atoms with van der Waals surface area (Å²) in [6.45, 7) is 0. The molecule has 0 saturated carbocycles. The Balaban J connectivity index is 2.59. The van der Waals surface area contributed by atoms with Crippen molar-refractivity contribution in [3.05, 3.63) is 38.2 Å².